The van der Waals surface area contributed by atoms with Gasteiger partial charge in [-0.15, -0.1) is 23.7 Å². The quantitative estimate of drug-likeness (QED) is 0.774. The zero-order chi connectivity index (χ0) is 14.5. The van der Waals surface area contributed by atoms with E-state index in [4.69, 9.17) is 10.5 Å². The van der Waals surface area contributed by atoms with E-state index in [-0.39, 0.29) is 18.1 Å². The summed E-state index contributed by atoms with van der Waals surface area (Å²) < 4.78 is 4.74. The van der Waals surface area contributed by atoms with E-state index in [1.165, 1.54) is 18.4 Å². The van der Waals surface area contributed by atoms with Crippen molar-refractivity contribution in [2.45, 2.75) is 38.8 Å². The monoisotopic (exact) mass is 321 g/mol. The molecule has 1 rings (SSSR count). The highest BCUT2D eigenvalue weighted by molar-refractivity contribution is 7.09. The summed E-state index contributed by atoms with van der Waals surface area (Å²) in [4.78, 5) is 27.9. The van der Waals surface area contributed by atoms with Crippen LogP contribution in [0, 0.1) is 0 Å². The average Bonchev–Trinajstić information content (AvgIpc) is 2.86. The number of carbonyl (C=O) groups is 2. The predicted molar refractivity (Wildman–Crippen MR) is 80.0 cm³/mol. The summed E-state index contributed by atoms with van der Waals surface area (Å²) in [5.74, 6) is -0.853. The van der Waals surface area contributed by atoms with Crippen molar-refractivity contribution in [3.05, 3.63) is 16.1 Å². The molecule has 20 heavy (non-hydrogen) atoms. The summed E-state index contributed by atoms with van der Waals surface area (Å²) in [7, 11) is 1.30. The average molecular weight is 322 g/mol. The van der Waals surface area contributed by atoms with Crippen LogP contribution in [0.5, 0.6) is 0 Å². The van der Waals surface area contributed by atoms with Crippen LogP contribution in [0.3, 0.4) is 0 Å². The number of halogens is 1. The van der Waals surface area contributed by atoms with Gasteiger partial charge in [-0.05, 0) is 13.3 Å². The minimum atomic E-state index is -1.03. The molecule has 0 aliphatic carbocycles. The molecule has 0 radical (unpaired) electrons. The van der Waals surface area contributed by atoms with Crippen LogP contribution in [-0.4, -0.2) is 29.5 Å². The lowest BCUT2D eigenvalue weighted by atomic mass is 9.96. The second kappa shape index (κ2) is 8.18. The number of esters is 1. The first kappa shape index (κ1) is 18.8. The number of hydrogen-bond donors (Lipinski definition) is 2. The van der Waals surface area contributed by atoms with Gasteiger partial charge in [0.2, 0.25) is 0 Å². The zero-order valence-corrected chi connectivity index (χ0v) is 13.4. The summed E-state index contributed by atoms with van der Waals surface area (Å²) in [6.07, 6.45) is 1.25. The lowest BCUT2D eigenvalue weighted by Gasteiger charge is -2.27. The predicted octanol–water partition coefficient (Wildman–Crippen LogP) is 1.49. The number of hydrogen-bond acceptors (Lipinski definition) is 6. The molecule has 0 aliphatic rings. The third kappa shape index (κ3) is 4.43. The van der Waals surface area contributed by atoms with Crippen molar-refractivity contribution in [3.8, 4) is 0 Å². The van der Waals surface area contributed by atoms with Crippen LogP contribution in [0.15, 0.2) is 5.38 Å². The van der Waals surface area contributed by atoms with Gasteiger partial charge in [-0.3, -0.25) is 4.79 Å². The first-order valence-corrected chi connectivity index (χ1v) is 6.90. The van der Waals surface area contributed by atoms with E-state index < -0.39 is 17.4 Å². The molecule has 0 spiro atoms. The molecule has 0 aliphatic heterocycles. The zero-order valence-electron chi connectivity index (χ0n) is 11.8. The van der Waals surface area contributed by atoms with Gasteiger partial charge >= 0.3 is 5.97 Å². The Morgan fingerprint density at radius 3 is 2.65 bits per heavy atom. The van der Waals surface area contributed by atoms with E-state index in [0.717, 1.165) is 6.42 Å². The van der Waals surface area contributed by atoms with Gasteiger partial charge in [-0.1, -0.05) is 13.3 Å². The van der Waals surface area contributed by atoms with E-state index in [9.17, 15) is 9.59 Å². The summed E-state index contributed by atoms with van der Waals surface area (Å²) in [5, 5.41) is 5.00. The van der Waals surface area contributed by atoms with Crippen LogP contribution in [0.1, 0.15) is 42.2 Å². The SMILES string of the molecule is CCCC(C)(NC(=O)c1csc(CN)n1)C(=O)OC.Cl. The number of thiazole rings is 1. The maximum Gasteiger partial charge on any atom is 0.331 e. The second-order valence-electron chi connectivity index (χ2n) is 4.36. The molecule has 3 N–H and O–H groups in total. The molecule has 0 saturated heterocycles. The van der Waals surface area contributed by atoms with Crippen LogP contribution in [-0.2, 0) is 16.1 Å². The largest absolute Gasteiger partial charge is 0.467 e. The summed E-state index contributed by atoms with van der Waals surface area (Å²) in [5.41, 5.74) is 4.69. The fourth-order valence-corrected chi connectivity index (χ4v) is 2.42. The molecule has 0 saturated carbocycles. The highest BCUT2D eigenvalue weighted by atomic mass is 35.5. The van der Waals surface area contributed by atoms with Crippen molar-refractivity contribution in [1.29, 1.82) is 0 Å². The van der Waals surface area contributed by atoms with E-state index in [0.29, 0.717) is 18.0 Å². The van der Waals surface area contributed by atoms with Crippen molar-refractivity contribution >= 4 is 35.6 Å². The van der Waals surface area contributed by atoms with Crippen LogP contribution < -0.4 is 11.1 Å². The van der Waals surface area contributed by atoms with Crippen LogP contribution in [0.4, 0.5) is 0 Å². The number of nitrogens with two attached hydrogens (primary N) is 1. The summed E-state index contributed by atoms with van der Waals surface area (Å²) in [6, 6.07) is 0. The lowest BCUT2D eigenvalue weighted by molar-refractivity contribution is -0.147. The Balaban J connectivity index is 0.00000361. The maximum absolute atomic E-state index is 12.1. The van der Waals surface area contributed by atoms with Crippen LogP contribution >= 0.6 is 23.7 Å². The minimum absolute atomic E-state index is 0. The normalized spacial score (nSPS) is 13.0. The van der Waals surface area contributed by atoms with Gasteiger partial charge in [0, 0.05) is 11.9 Å². The van der Waals surface area contributed by atoms with Gasteiger partial charge in [0.15, 0.2) is 0 Å². The van der Waals surface area contributed by atoms with Crippen molar-refractivity contribution in [3.63, 3.8) is 0 Å². The Labute approximate surface area is 128 Å². The number of amides is 1. The van der Waals surface area contributed by atoms with E-state index in [1.807, 2.05) is 6.92 Å². The molecule has 1 unspecified atom stereocenters. The molecule has 1 atom stereocenters. The lowest BCUT2D eigenvalue weighted by Crippen LogP contribution is -2.52. The van der Waals surface area contributed by atoms with Crippen LogP contribution in [0.2, 0.25) is 0 Å². The molecule has 0 fully saturated rings. The fraction of sp³-hybridized carbons (Fsp3) is 0.583. The molecule has 0 bridgehead atoms. The van der Waals surface area contributed by atoms with Crippen molar-refractivity contribution < 1.29 is 14.3 Å². The first-order valence-electron chi connectivity index (χ1n) is 6.02. The van der Waals surface area contributed by atoms with Gasteiger partial charge in [-0.2, -0.15) is 0 Å². The van der Waals surface area contributed by atoms with Crippen LogP contribution in [0.25, 0.3) is 0 Å². The number of aromatic nitrogens is 1. The van der Waals surface area contributed by atoms with Gasteiger partial charge in [0.05, 0.1) is 7.11 Å². The minimum Gasteiger partial charge on any atom is -0.467 e. The van der Waals surface area contributed by atoms with Gasteiger partial charge in [-0.25, -0.2) is 9.78 Å². The summed E-state index contributed by atoms with van der Waals surface area (Å²) >= 11 is 1.32. The molecule has 8 heteroatoms. The molecule has 114 valence electrons. The fourth-order valence-electron chi connectivity index (χ4n) is 1.76. The Morgan fingerprint density at radius 2 is 2.20 bits per heavy atom. The van der Waals surface area contributed by atoms with Gasteiger partial charge in [0.1, 0.15) is 16.2 Å². The Morgan fingerprint density at radius 1 is 1.55 bits per heavy atom. The van der Waals surface area contributed by atoms with Gasteiger partial charge in [0.25, 0.3) is 5.91 Å². The highest BCUT2D eigenvalue weighted by Gasteiger charge is 2.35. The number of methoxy groups -OCH3 is 1. The van der Waals surface area contributed by atoms with Gasteiger partial charge < -0.3 is 15.8 Å². The number of nitrogens with one attached hydrogen (secondary N) is 1. The number of nitrogens with zero attached hydrogens (tertiary/aromatic N) is 1. The molecule has 0 aromatic carbocycles. The molecule has 1 aromatic heterocycles. The maximum atomic E-state index is 12.1. The molecule has 1 aromatic rings. The first-order chi connectivity index (χ1) is 8.96. The smallest absolute Gasteiger partial charge is 0.331 e. The number of carbonyl (C=O) groups excluding carboxylic acids is 2. The highest BCUT2D eigenvalue weighted by Crippen LogP contribution is 2.16. The van der Waals surface area contributed by atoms with E-state index in [2.05, 4.69) is 10.3 Å². The third-order valence-corrected chi connectivity index (χ3v) is 3.61. The number of rotatable bonds is 6. The standard InChI is InChI=1S/C12H19N3O3S.ClH/c1-4-5-12(2,11(17)18-3)15-10(16)8-7-19-9(6-13)14-8;/h7H,4-6,13H2,1-3H3,(H,15,16);1H. The van der Waals surface area contributed by atoms with E-state index >= 15 is 0 Å². The molecule has 6 nitrogen and oxygen atoms in total. The molecular weight excluding hydrogens is 302 g/mol. The van der Waals surface area contributed by atoms with Crippen molar-refractivity contribution in [2.75, 3.05) is 7.11 Å². The Kier molecular flexibility index (Phi) is 7.70. The molecular formula is C12H20ClN3O3S. The topological polar surface area (TPSA) is 94.3 Å². The van der Waals surface area contributed by atoms with Crippen molar-refractivity contribution in [1.82, 2.24) is 10.3 Å². The summed E-state index contributed by atoms with van der Waals surface area (Å²) in [6.45, 7) is 3.88. The Bertz CT molecular complexity index is 467. The number of ether oxygens (including phenoxy) is 1. The van der Waals surface area contributed by atoms with Crippen molar-refractivity contribution in [2.24, 2.45) is 5.73 Å². The molecule has 1 heterocycles. The second-order valence-corrected chi connectivity index (χ2v) is 5.30. The Hall–Kier alpha value is -1.18. The molecule has 1 amide bonds. The van der Waals surface area contributed by atoms with E-state index in [1.54, 1.807) is 12.3 Å². The third-order valence-electron chi connectivity index (χ3n) is 2.73.